The van der Waals surface area contributed by atoms with Crippen LogP contribution in [-0.4, -0.2) is 35.2 Å². The van der Waals surface area contributed by atoms with Crippen molar-refractivity contribution in [3.8, 4) is 0 Å². The minimum absolute atomic E-state index is 0.256. The Morgan fingerprint density at radius 3 is 2.63 bits per heavy atom. The number of hydrogen-bond acceptors (Lipinski definition) is 4. The van der Waals surface area contributed by atoms with Gasteiger partial charge in [0.05, 0.1) is 12.3 Å². The predicted molar refractivity (Wildman–Crippen MR) is 76.9 cm³/mol. The highest BCUT2D eigenvalue weighted by molar-refractivity contribution is 7.89. The lowest BCUT2D eigenvalue weighted by Crippen LogP contribution is -2.21. The van der Waals surface area contributed by atoms with E-state index in [4.69, 9.17) is 4.74 Å². The number of para-hydroxylation sites is 1. The van der Waals surface area contributed by atoms with E-state index in [-0.39, 0.29) is 4.90 Å². The molecule has 0 spiro atoms. The lowest BCUT2D eigenvalue weighted by molar-refractivity contribution is 0.141. The van der Waals surface area contributed by atoms with Crippen molar-refractivity contribution in [2.75, 3.05) is 32.1 Å². The first-order valence-corrected chi connectivity index (χ1v) is 7.94. The maximum Gasteiger partial charge on any atom is 0.242 e. The number of anilines is 1. The van der Waals surface area contributed by atoms with Crippen molar-refractivity contribution in [2.45, 2.75) is 24.7 Å². The molecule has 0 atom stereocenters. The van der Waals surface area contributed by atoms with Crippen LogP contribution in [0.25, 0.3) is 0 Å². The Hall–Kier alpha value is -1.11. The van der Waals surface area contributed by atoms with Gasteiger partial charge in [0.25, 0.3) is 0 Å². The fraction of sp³-hybridized carbons (Fsp3) is 0.538. The maximum atomic E-state index is 11.8. The van der Waals surface area contributed by atoms with E-state index in [1.54, 1.807) is 24.3 Å². The van der Waals surface area contributed by atoms with Crippen molar-refractivity contribution >= 4 is 15.7 Å². The molecule has 0 aliphatic heterocycles. The van der Waals surface area contributed by atoms with Crippen LogP contribution < -0.4 is 10.0 Å². The van der Waals surface area contributed by atoms with Gasteiger partial charge in [0.1, 0.15) is 4.90 Å². The summed E-state index contributed by atoms with van der Waals surface area (Å²) in [6.45, 7) is 4.00. The Balaban J connectivity index is 2.55. The Bertz CT molecular complexity index is 475. The SMILES string of the molecule is CCCCOCCNc1ccccc1S(=O)(=O)NC. The van der Waals surface area contributed by atoms with E-state index < -0.39 is 10.0 Å². The van der Waals surface area contributed by atoms with Crippen molar-refractivity contribution in [1.82, 2.24) is 4.72 Å². The summed E-state index contributed by atoms with van der Waals surface area (Å²) in [5.74, 6) is 0. The molecule has 1 aromatic carbocycles. The summed E-state index contributed by atoms with van der Waals surface area (Å²) in [6, 6.07) is 6.82. The highest BCUT2D eigenvalue weighted by atomic mass is 32.2. The summed E-state index contributed by atoms with van der Waals surface area (Å²) in [7, 11) is -2.03. The van der Waals surface area contributed by atoms with Crippen LogP contribution in [0.5, 0.6) is 0 Å². The van der Waals surface area contributed by atoms with E-state index in [9.17, 15) is 8.42 Å². The largest absolute Gasteiger partial charge is 0.382 e. The number of benzene rings is 1. The minimum atomic E-state index is -3.43. The summed E-state index contributed by atoms with van der Waals surface area (Å²) in [5, 5.41) is 3.09. The Labute approximate surface area is 115 Å². The number of nitrogens with one attached hydrogen (secondary N) is 2. The summed E-state index contributed by atoms with van der Waals surface area (Å²) >= 11 is 0. The monoisotopic (exact) mass is 286 g/mol. The van der Waals surface area contributed by atoms with E-state index in [0.29, 0.717) is 18.8 Å². The molecule has 0 amide bonds. The lowest BCUT2D eigenvalue weighted by Gasteiger charge is -2.12. The molecule has 108 valence electrons. The highest BCUT2D eigenvalue weighted by Gasteiger charge is 2.15. The third kappa shape index (κ3) is 5.18. The number of hydrogen-bond donors (Lipinski definition) is 2. The Morgan fingerprint density at radius 2 is 1.95 bits per heavy atom. The molecular weight excluding hydrogens is 264 g/mol. The van der Waals surface area contributed by atoms with Gasteiger partial charge in [-0.15, -0.1) is 0 Å². The zero-order chi connectivity index (χ0) is 14.1. The third-order valence-electron chi connectivity index (χ3n) is 2.65. The first-order valence-electron chi connectivity index (χ1n) is 6.46. The first-order chi connectivity index (χ1) is 9.11. The van der Waals surface area contributed by atoms with E-state index in [0.717, 1.165) is 19.4 Å². The van der Waals surface area contributed by atoms with Crippen molar-refractivity contribution in [1.29, 1.82) is 0 Å². The van der Waals surface area contributed by atoms with E-state index >= 15 is 0 Å². The molecule has 0 saturated carbocycles. The van der Waals surface area contributed by atoms with E-state index in [1.165, 1.54) is 7.05 Å². The molecule has 6 heteroatoms. The van der Waals surface area contributed by atoms with Crippen LogP contribution in [0.3, 0.4) is 0 Å². The molecule has 1 aromatic rings. The fourth-order valence-electron chi connectivity index (χ4n) is 1.56. The van der Waals surface area contributed by atoms with Crippen LogP contribution in [0, 0.1) is 0 Å². The third-order valence-corrected chi connectivity index (χ3v) is 4.12. The summed E-state index contributed by atoms with van der Waals surface area (Å²) in [6.07, 6.45) is 2.15. The molecule has 0 radical (unpaired) electrons. The molecular formula is C13H22N2O3S. The first kappa shape index (κ1) is 15.9. The molecule has 0 saturated heterocycles. The van der Waals surface area contributed by atoms with Crippen LogP contribution in [0.1, 0.15) is 19.8 Å². The minimum Gasteiger partial charge on any atom is -0.382 e. The van der Waals surface area contributed by atoms with Crippen LogP contribution in [0.4, 0.5) is 5.69 Å². The van der Waals surface area contributed by atoms with Gasteiger partial charge in [-0.3, -0.25) is 0 Å². The second kappa shape index (κ2) is 8.14. The molecule has 0 unspecified atom stereocenters. The Kier molecular flexibility index (Phi) is 6.83. The van der Waals surface area contributed by atoms with Crippen LogP contribution in [0.15, 0.2) is 29.2 Å². The molecule has 1 rings (SSSR count). The lowest BCUT2D eigenvalue weighted by atomic mass is 10.3. The van der Waals surface area contributed by atoms with Crippen molar-refractivity contribution in [3.05, 3.63) is 24.3 Å². The molecule has 0 fully saturated rings. The van der Waals surface area contributed by atoms with Crippen molar-refractivity contribution < 1.29 is 13.2 Å². The zero-order valence-corrected chi connectivity index (χ0v) is 12.3. The smallest absolute Gasteiger partial charge is 0.242 e. The van der Waals surface area contributed by atoms with Gasteiger partial charge in [0, 0.05) is 13.2 Å². The van der Waals surface area contributed by atoms with Gasteiger partial charge in [-0.05, 0) is 25.6 Å². The van der Waals surface area contributed by atoms with Gasteiger partial charge in [-0.2, -0.15) is 0 Å². The van der Waals surface area contributed by atoms with E-state index in [2.05, 4.69) is 17.0 Å². The summed E-state index contributed by atoms with van der Waals surface area (Å²) in [5.41, 5.74) is 0.593. The molecule has 2 N–H and O–H groups in total. The summed E-state index contributed by atoms with van der Waals surface area (Å²) in [4.78, 5) is 0.256. The van der Waals surface area contributed by atoms with Crippen LogP contribution in [-0.2, 0) is 14.8 Å². The second-order valence-electron chi connectivity index (χ2n) is 4.10. The zero-order valence-electron chi connectivity index (χ0n) is 11.5. The number of ether oxygens (including phenoxy) is 1. The predicted octanol–water partition coefficient (Wildman–Crippen LogP) is 1.82. The van der Waals surface area contributed by atoms with Gasteiger partial charge in [0.2, 0.25) is 10.0 Å². The highest BCUT2D eigenvalue weighted by Crippen LogP contribution is 2.19. The standard InChI is InChI=1S/C13H22N2O3S/c1-3-4-10-18-11-9-15-12-7-5-6-8-13(12)19(16,17)14-2/h5-8,14-15H,3-4,9-11H2,1-2H3. The van der Waals surface area contributed by atoms with Gasteiger partial charge in [0.15, 0.2) is 0 Å². The van der Waals surface area contributed by atoms with Crippen LogP contribution >= 0.6 is 0 Å². The number of rotatable bonds is 9. The average molecular weight is 286 g/mol. The molecule has 0 heterocycles. The number of sulfonamides is 1. The van der Waals surface area contributed by atoms with Crippen molar-refractivity contribution in [3.63, 3.8) is 0 Å². The summed E-state index contributed by atoms with van der Waals surface area (Å²) < 4.78 is 31.4. The normalized spacial score (nSPS) is 11.5. The Morgan fingerprint density at radius 1 is 1.21 bits per heavy atom. The number of unbranched alkanes of at least 4 members (excludes halogenated alkanes) is 1. The molecule has 19 heavy (non-hydrogen) atoms. The quantitative estimate of drug-likeness (QED) is 0.680. The second-order valence-corrected chi connectivity index (χ2v) is 5.95. The average Bonchev–Trinajstić information content (AvgIpc) is 2.43. The molecule has 0 aromatic heterocycles. The van der Waals surface area contributed by atoms with Crippen LogP contribution in [0.2, 0.25) is 0 Å². The molecule has 0 aliphatic carbocycles. The molecule has 5 nitrogen and oxygen atoms in total. The molecule has 0 bridgehead atoms. The van der Waals surface area contributed by atoms with Crippen molar-refractivity contribution in [2.24, 2.45) is 0 Å². The van der Waals surface area contributed by atoms with Gasteiger partial charge in [-0.25, -0.2) is 13.1 Å². The van der Waals surface area contributed by atoms with Gasteiger partial charge < -0.3 is 10.1 Å². The fourth-order valence-corrected chi connectivity index (χ4v) is 2.47. The topological polar surface area (TPSA) is 67.4 Å². The van der Waals surface area contributed by atoms with Gasteiger partial charge >= 0.3 is 0 Å². The maximum absolute atomic E-state index is 11.8. The van der Waals surface area contributed by atoms with Gasteiger partial charge in [-0.1, -0.05) is 25.5 Å². The van der Waals surface area contributed by atoms with E-state index in [1.807, 2.05) is 0 Å². The molecule has 0 aliphatic rings.